The minimum atomic E-state index is 0. The van der Waals surface area contributed by atoms with Gasteiger partial charge in [0.2, 0.25) is 0 Å². The number of furan rings is 1. The third kappa shape index (κ3) is 10.9. The van der Waals surface area contributed by atoms with E-state index < -0.39 is 0 Å². The first kappa shape index (κ1) is 24.2. The van der Waals surface area contributed by atoms with Crippen molar-refractivity contribution in [2.75, 3.05) is 66.7 Å². The lowest BCUT2D eigenvalue weighted by Crippen LogP contribution is -2.42. The minimum Gasteiger partial charge on any atom is -0.469 e. The van der Waals surface area contributed by atoms with Gasteiger partial charge in [-0.3, -0.25) is 4.99 Å². The van der Waals surface area contributed by atoms with Crippen molar-refractivity contribution in [3.63, 3.8) is 0 Å². The average molecular weight is 494 g/mol. The molecule has 0 bridgehead atoms. The van der Waals surface area contributed by atoms with E-state index in [4.69, 9.17) is 18.9 Å². The fourth-order valence-corrected chi connectivity index (χ4v) is 2.84. The van der Waals surface area contributed by atoms with Crippen LogP contribution >= 0.6 is 24.0 Å². The molecule has 0 radical (unpaired) electrons. The van der Waals surface area contributed by atoms with Gasteiger partial charge in [0.1, 0.15) is 5.76 Å². The number of likely N-dealkylation sites (N-methyl/N-ethyl adjacent to an activating group) is 1. The predicted octanol–water partition coefficient (Wildman–Crippen LogP) is 1.98. The Morgan fingerprint density at radius 3 is 2.89 bits per heavy atom. The lowest BCUT2D eigenvalue weighted by atomic mass is 10.1. The fraction of sp³-hybridized carbons (Fsp3) is 0.737. The number of nitrogens with one attached hydrogen (secondary N) is 2. The van der Waals surface area contributed by atoms with Crippen molar-refractivity contribution in [2.24, 2.45) is 10.9 Å². The van der Waals surface area contributed by atoms with Crippen molar-refractivity contribution < 1.29 is 13.9 Å². The zero-order chi connectivity index (χ0) is 18.5. The molecule has 2 heterocycles. The molecule has 0 spiro atoms. The molecule has 7 nitrogen and oxygen atoms in total. The Balaban J connectivity index is 0.00000364. The van der Waals surface area contributed by atoms with E-state index >= 15 is 0 Å². The van der Waals surface area contributed by atoms with Crippen molar-refractivity contribution in [3.8, 4) is 0 Å². The first-order chi connectivity index (χ1) is 12.8. The number of hydrogen-bond acceptors (Lipinski definition) is 5. The molecule has 1 aliphatic heterocycles. The quantitative estimate of drug-likeness (QED) is 0.201. The van der Waals surface area contributed by atoms with E-state index in [1.54, 1.807) is 13.4 Å². The largest absolute Gasteiger partial charge is 0.469 e. The summed E-state index contributed by atoms with van der Waals surface area (Å²) in [6, 6.07) is 3.92. The highest BCUT2D eigenvalue weighted by Gasteiger charge is 2.15. The summed E-state index contributed by atoms with van der Waals surface area (Å²) in [5.74, 6) is 2.39. The Bertz CT molecular complexity index is 493. The van der Waals surface area contributed by atoms with Gasteiger partial charge < -0.3 is 29.4 Å². The van der Waals surface area contributed by atoms with Gasteiger partial charge in [-0.15, -0.1) is 24.0 Å². The monoisotopic (exact) mass is 494 g/mol. The van der Waals surface area contributed by atoms with Crippen LogP contribution in [0.3, 0.4) is 0 Å². The summed E-state index contributed by atoms with van der Waals surface area (Å²) in [4.78, 5) is 7.05. The van der Waals surface area contributed by atoms with E-state index in [-0.39, 0.29) is 24.0 Å². The van der Waals surface area contributed by atoms with Gasteiger partial charge in [-0.2, -0.15) is 0 Å². The summed E-state index contributed by atoms with van der Waals surface area (Å²) in [7, 11) is 3.88. The number of aliphatic imine (C=N–C) groups is 1. The molecule has 2 rings (SSSR count). The molecule has 1 aromatic heterocycles. The number of ether oxygens (including phenoxy) is 2. The Morgan fingerprint density at radius 2 is 2.19 bits per heavy atom. The van der Waals surface area contributed by atoms with Gasteiger partial charge in [0.15, 0.2) is 5.96 Å². The highest BCUT2D eigenvalue weighted by Crippen LogP contribution is 2.12. The van der Waals surface area contributed by atoms with Crippen molar-refractivity contribution in [1.29, 1.82) is 0 Å². The fourth-order valence-electron chi connectivity index (χ4n) is 2.84. The Hall–Kier alpha value is -0.840. The van der Waals surface area contributed by atoms with Gasteiger partial charge in [0.25, 0.3) is 0 Å². The molecule has 1 saturated heterocycles. The van der Waals surface area contributed by atoms with E-state index in [2.05, 4.69) is 22.6 Å². The number of hydrogen-bond donors (Lipinski definition) is 2. The molecule has 8 heteroatoms. The van der Waals surface area contributed by atoms with Gasteiger partial charge >= 0.3 is 0 Å². The van der Waals surface area contributed by atoms with E-state index in [9.17, 15) is 0 Å². The van der Waals surface area contributed by atoms with Crippen LogP contribution in [-0.2, 0) is 15.9 Å². The van der Waals surface area contributed by atoms with Gasteiger partial charge in [0.05, 0.1) is 12.9 Å². The van der Waals surface area contributed by atoms with Crippen molar-refractivity contribution in [3.05, 3.63) is 24.2 Å². The SMILES string of the molecule is COCCCN(C)CCNC(=NCC1CCOC1)NCCc1ccco1.I. The number of nitrogens with zero attached hydrogens (tertiary/aromatic N) is 2. The normalized spacial score (nSPS) is 17.1. The van der Waals surface area contributed by atoms with Crippen LogP contribution in [0.5, 0.6) is 0 Å². The topological polar surface area (TPSA) is 71.3 Å². The average Bonchev–Trinajstić information content (AvgIpc) is 3.33. The van der Waals surface area contributed by atoms with E-state index in [0.29, 0.717) is 5.92 Å². The van der Waals surface area contributed by atoms with Crippen LogP contribution in [0.4, 0.5) is 0 Å². The first-order valence-electron chi connectivity index (χ1n) is 9.57. The Kier molecular flexibility index (Phi) is 13.6. The van der Waals surface area contributed by atoms with Crippen LogP contribution in [0, 0.1) is 5.92 Å². The van der Waals surface area contributed by atoms with Crippen LogP contribution in [0.15, 0.2) is 27.8 Å². The maximum atomic E-state index is 5.44. The Labute approximate surface area is 180 Å². The van der Waals surface area contributed by atoms with Crippen LogP contribution in [-0.4, -0.2) is 77.6 Å². The molecule has 1 atom stereocenters. The number of methoxy groups -OCH3 is 1. The molecular weight excluding hydrogens is 459 g/mol. The van der Waals surface area contributed by atoms with Gasteiger partial charge in [-0.05, 0) is 32.0 Å². The maximum absolute atomic E-state index is 5.44. The highest BCUT2D eigenvalue weighted by molar-refractivity contribution is 14.0. The molecule has 0 aliphatic carbocycles. The standard InChI is InChI=1S/C19H34N4O3.HI/c1-23(10-4-12-24-2)11-9-21-19(22-15-17-7-14-25-16-17)20-8-6-18-5-3-13-26-18;/h3,5,13,17H,4,6-12,14-16H2,1-2H3,(H2,20,21,22);1H. The summed E-state index contributed by atoms with van der Waals surface area (Å²) in [5, 5.41) is 6.85. The van der Waals surface area contributed by atoms with Crippen LogP contribution in [0.25, 0.3) is 0 Å². The number of rotatable bonds is 12. The maximum Gasteiger partial charge on any atom is 0.191 e. The second-order valence-corrected chi connectivity index (χ2v) is 6.75. The molecule has 1 unspecified atom stereocenters. The van der Waals surface area contributed by atoms with Crippen molar-refractivity contribution in [2.45, 2.75) is 19.3 Å². The molecule has 2 N–H and O–H groups in total. The lowest BCUT2D eigenvalue weighted by molar-refractivity contribution is 0.180. The van der Waals surface area contributed by atoms with Crippen molar-refractivity contribution >= 4 is 29.9 Å². The lowest BCUT2D eigenvalue weighted by Gasteiger charge is -2.18. The van der Waals surface area contributed by atoms with E-state index in [1.165, 1.54) is 0 Å². The predicted molar refractivity (Wildman–Crippen MR) is 119 cm³/mol. The summed E-state index contributed by atoms with van der Waals surface area (Å²) in [6.07, 6.45) is 4.71. The second kappa shape index (κ2) is 15.1. The number of guanidine groups is 1. The summed E-state index contributed by atoms with van der Waals surface area (Å²) >= 11 is 0. The first-order valence-corrected chi connectivity index (χ1v) is 9.57. The van der Waals surface area contributed by atoms with Crippen molar-refractivity contribution in [1.82, 2.24) is 15.5 Å². The van der Waals surface area contributed by atoms with E-state index in [1.807, 2.05) is 12.1 Å². The van der Waals surface area contributed by atoms with Crippen LogP contribution < -0.4 is 10.6 Å². The van der Waals surface area contributed by atoms with Gasteiger partial charge in [-0.1, -0.05) is 0 Å². The summed E-state index contributed by atoms with van der Waals surface area (Å²) in [6.45, 7) is 6.96. The van der Waals surface area contributed by atoms with Gasteiger partial charge in [-0.25, -0.2) is 0 Å². The zero-order valence-corrected chi connectivity index (χ0v) is 18.9. The molecule has 156 valence electrons. The third-order valence-electron chi connectivity index (χ3n) is 4.45. The van der Waals surface area contributed by atoms with Crippen LogP contribution in [0.2, 0.25) is 0 Å². The number of halogens is 1. The summed E-state index contributed by atoms with van der Waals surface area (Å²) in [5.41, 5.74) is 0. The molecule has 1 aliphatic rings. The summed E-state index contributed by atoms with van der Waals surface area (Å²) < 4.78 is 15.9. The molecule has 1 aromatic rings. The van der Waals surface area contributed by atoms with E-state index in [0.717, 1.165) is 83.5 Å². The molecule has 1 fully saturated rings. The zero-order valence-electron chi connectivity index (χ0n) is 16.6. The molecule has 0 saturated carbocycles. The van der Waals surface area contributed by atoms with Gasteiger partial charge in [0, 0.05) is 65.4 Å². The molecule has 0 amide bonds. The second-order valence-electron chi connectivity index (χ2n) is 6.75. The minimum absolute atomic E-state index is 0. The smallest absolute Gasteiger partial charge is 0.191 e. The molecular formula is C19H35IN4O3. The highest BCUT2D eigenvalue weighted by atomic mass is 127. The molecule has 27 heavy (non-hydrogen) atoms. The Morgan fingerprint density at radius 1 is 1.33 bits per heavy atom. The van der Waals surface area contributed by atoms with Crippen LogP contribution in [0.1, 0.15) is 18.6 Å². The third-order valence-corrected chi connectivity index (χ3v) is 4.45. The molecule has 0 aromatic carbocycles.